The topological polar surface area (TPSA) is 48.9 Å². The van der Waals surface area contributed by atoms with E-state index in [1.54, 1.807) is 0 Å². The third kappa shape index (κ3) is 8.21. The van der Waals surface area contributed by atoms with Crippen molar-refractivity contribution < 1.29 is 4.74 Å². The van der Waals surface area contributed by atoms with Gasteiger partial charge in [-0.25, -0.2) is 4.99 Å². The molecule has 0 radical (unpaired) electrons. The van der Waals surface area contributed by atoms with Gasteiger partial charge in [0.25, 0.3) is 0 Å². The summed E-state index contributed by atoms with van der Waals surface area (Å²) < 4.78 is 6.08. The molecule has 0 unspecified atom stereocenters. The number of para-hydroxylation sites is 1. The van der Waals surface area contributed by atoms with Crippen LogP contribution >= 0.6 is 0 Å². The molecule has 1 aliphatic rings. The van der Waals surface area contributed by atoms with Crippen molar-refractivity contribution >= 4 is 5.96 Å². The second-order valence-corrected chi connectivity index (χ2v) is 8.48. The fourth-order valence-corrected chi connectivity index (χ4v) is 3.32. The minimum Gasteiger partial charge on any atom is -0.488 e. The van der Waals surface area contributed by atoms with Crippen LogP contribution in [-0.4, -0.2) is 49.7 Å². The number of ether oxygens (including phenoxy) is 1. The third-order valence-electron chi connectivity index (χ3n) is 4.82. The van der Waals surface area contributed by atoms with Crippen LogP contribution in [0.4, 0.5) is 0 Å². The van der Waals surface area contributed by atoms with E-state index in [2.05, 4.69) is 56.3 Å². The average molecular weight is 375 g/mol. The lowest BCUT2D eigenvalue weighted by Crippen LogP contribution is -2.39. The molecular weight excluding hydrogens is 336 g/mol. The van der Waals surface area contributed by atoms with Crippen molar-refractivity contribution in [3.05, 3.63) is 29.8 Å². The molecule has 0 saturated carbocycles. The van der Waals surface area contributed by atoms with Gasteiger partial charge in [0, 0.05) is 18.7 Å². The highest BCUT2D eigenvalue weighted by Crippen LogP contribution is 2.23. The van der Waals surface area contributed by atoms with Gasteiger partial charge >= 0.3 is 0 Å². The van der Waals surface area contributed by atoms with Crippen LogP contribution in [-0.2, 0) is 6.54 Å². The number of rotatable bonds is 7. The van der Waals surface area contributed by atoms with Gasteiger partial charge in [-0.3, -0.25) is 0 Å². The number of likely N-dealkylation sites (tertiary alicyclic amines) is 1. The van der Waals surface area contributed by atoms with Crippen LogP contribution in [0.3, 0.4) is 0 Å². The van der Waals surface area contributed by atoms with E-state index >= 15 is 0 Å². The molecule has 5 heteroatoms. The first-order chi connectivity index (χ1) is 12.9. The van der Waals surface area contributed by atoms with Crippen molar-refractivity contribution in [3.63, 3.8) is 0 Å². The lowest BCUT2D eigenvalue weighted by molar-refractivity contribution is 0.129. The molecular formula is C22H38N4O. The molecule has 1 saturated heterocycles. The van der Waals surface area contributed by atoms with Crippen LogP contribution in [0.1, 0.15) is 52.5 Å². The van der Waals surface area contributed by atoms with Crippen molar-refractivity contribution in [2.45, 2.75) is 59.1 Å². The summed E-state index contributed by atoms with van der Waals surface area (Å²) in [6, 6.07) is 8.17. The standard InChI is InChI=1S/C22H38N4O/c1-6-23-21(24-14-11-18-12-15-26(5)16-13-18)25-17-19-9-7-8-10-20(19)27-22(2,3)4/h7-10,18H,6,11-17H2,1-5H3,(H2,23,24,25). The van der Waals surface area contributed by atoms with E-state index < -0.39 is 0 Å². The van der Waals surface area contributed by atoms with E-state index in [1.165, 1.54) is 32.4 Å². The number of guanidine groups is 1. The molecule has 0 atom stereocenters. The van der Waals surface area contributed by atoms with E-state index in [4.69, 9.17) is 9.73 Å². The first-order valence-corrected chi connectivity index (χ1v) is 10.3. The number of benzene rings is 1. The first kappa shape index (κ1) is 21.5. The molecule has 0 bridgehead atoms. The van der Waals surface area contributed by atoms with Gasteiger partial charge in [-0.1, -0.05) is 18.2 Å². The van der Waals surface area contributed by atoms with Crippen LogP contribution in [0.25, 0.3) is 0 Å². The van der Waals surface area contributed by atoms with Gasteiger partial charge in [0.2, 0.25) is 0 Å². The second kappa shape index (κ2) is 10.5. The summed E-state index contributed by atoms with van der Waals surface area (Å²) in [4.78, 5) is 7.20. The average Bonchev–Trinajstić information content (AvgIpc) is 2.61. The van der Waals surface area contributed by atoms with E-state index in [0.29, 0.717) is 6.54 Å². The van der Waals surface area contributed by atoms with Gasteiger partial charge in [-0.05, 0) is 79.1 Å². The Morgan fingerprint density at radius 2 is 1.89 bits per heavy atom. The van der Waals surface area contributed by atoms with Gasteiger partial charge in [-0.2, -0.15) is 0 Å². The summed E-state index contributed by atoms with van der Waals surface area (Å²) in [6.07, 6.45) is 3.83. The van der Waals surface area contributed by atoms with Crippen molar-refractivity contribution in [2.24, 2.45) is 10.9 Å². The number of piperidine rings is 1. The Hall–Kier alpha value is -1.75. The highest BCUT2D eigenvalue weighted by atomic mass is 16.5. The third-order valence-corrected chi connectivity index (χ3v) is 4.82. The fraction of sp³-hybridized carbons (Fsp3) is 0.682. The first-order valence-electron chi connectivity index (χ1n) is 10.3. The summed E-state index contributed by atoms with van der Waals surface area (Å²) >= 11 is 0. The number of hydrogen-bond donors (Lipinski definition) is 2. The van der Waals surface area contributed by atoms with Crippen molar-refractivity contribution in [1.82, 2.24) is 15.5 Å². The number of aliphatic imine (C=N–C) groups is 1. The zero-order valence-corrected chi connectivity index (χ0v) is 17.8. The monoisotopic (exact) mass is 374 g/mol. The summed E-state index contributed by atoms with van der Waals surface area (Å²) in [5.41, 5.74) is 0.899. The lowest BCUT2D eigenvalue weighted by atomic mass is 9.94. The van der Waals surface area contributed by atoms with Crippen LogP contribution in [0.2, 0.25) is 0 Å². The molecule has 27 heavy (non-hydrogen) atoms. The van der Waals surface area contributed by atoms with E-state index in [-0.39, 0.29) is 5.60 Å². The molecule has 0 spiro atoms. The molecule has 0 aliphatic carbocycles. The molecule has 0 aromatic heterocycles. The van der Waals surface area contributed by atoms with Crippen LogP contribution in [0.5, 0.6) is 5.75 Å². The number of hydrogen-bond acceptors (Lipinski definition) is 3. The van der Waals surface area contributed by atoms with Gasteiger partial charge in [0.1, 0.15) is 11.4 Å². The molecule has 1 aromatic carbocycles. The minimum absolute atomic E-state index is 0.212. The normalized spacial score (nSPS) is 17.0. The molecule has 1 fully saturated rings. The number of nitrogens with one attached hydrogen (secondary N) is 2. The molecule has 2 N–H and O–H groups in total. The predicted octanol–water partition coefficient (Wildman–Crippen LogP) is 3.65. The van der Waals surface area contributed by atoms with Crippen LogP contribution < -0.4 is 15.4 Å². The smallest absolute Gasteiger partial charge is 0.191 e. The molecule has 2 rings (SSSR count). The molecule has 1 aromatic rings. The van der Waals surface area contributed by atoms with Crippen LogP contribution in [0, 0.1) is 5.92 Å². The Labute approximate surface area is 165 Å². The van der Waals surface area contributed by atoms with Gasteiger partial charge < -0.3 is 20.3 Å². The molecule has 0 amide bonds. The second-order valence-electron chi connectivity index (χ2n) is 8.48. The zero-order valence-electron chi connectivity index (χ0n) is 17.8. The summed E-state index contributed by atoms with van der Waals surface area (Å²) in [6.45, 7) is 13.2. The van der Waals surface area contributed by atoms with E-state index in [1.807, 2.05) is 18.2 Å². The predicted molar refractivity (Wildman–Crippen MR) is 114 cm³/mol. The van der Waals surface area contributed by atoms with Crippen molar-refractivity contribution in [2.75, 3.05) is 33.2 Å². The molecule has 152 valence electrons. The van der Waals surface area contributed by atoms with Gasteiger partial charge in [0.15, 0.2) is 5.96 Å². The summed E-state index contributed by atoms with van der Waals surface area (Å²) in [7, 11) is 2.21. The largest absolute Gasteiger partial charge is 0.488 e. The maximum absolute atomic E-state index is 6.08. The lowest BCUT2D eigenvalue weighted by Gasteiger charge is -2.29. The molecule has 5 nitrogen and oxygen atoms in total. The number of nitrogens with zero attached hydrogens (tertiary/aromatic N) is 2. The summed E-state index contributed by atoms with van der Waals surface area (Å²) in [5, 5.41) is 6.86. The van der Waals surface area contributed by atoms with Crippen molar-refractivity contribution in [3.8, 4) is 5.75 Å². The zero-order chi connectivity index (χ0) is 19.7. The molecule has 1 heterocycles. The quantitative estimate of drug-likeness (QED) is 0.565. The Kier molecular flexibility index (Phi) is 8.42. The van der Waals surface area contributed by atoms with Crippen LogP contribution in [0.15, 0.2) is 29.3 Å². The fourth-order valence-electron chi connectivity index (χ4n) is 3.32. The Balaban J connectivity index is 1.89. The van der Waals surface area contributed by atoms with Gasteiger partial charge in [0.05, 0.1) is 6.54 Å². The Morgan fingerprint density at radius 3 is 2.56 bits per heavy atom. The SMILES string of the molecule is CCNC(=NCc1ccccc1OC(C)(C)C)NCCC1CCN(C)CC1. The highest BCUT2D eigenvalue weighted by Gasteiger charge is 2.16. The van der Waals surface area contributed by atoms with Crippen molar-refractivity contribution in [1.29, 1.82) is 0 Å². The Bertz CT molecular complexity index is 586. The van der Waals surface area contributed by atoms with E-state index in [0.717, 1.165) is 36.3 Å². The maximum atomic E-state index is 6.08. The van der Waals surface area contributed by atoms with Gasteiger partial charge in [-0.15, -0.1) is 0 Å². The molecule has 1 aliphatic heterocycles. The maximum Gasteiger partial charge on any atom is 0.191 e. The highest BCUT2D eigenvalue weighted by molar-refractivity contribution is 5.79. The van der Waals surface area contributed by atoms with E-state index in [9.17, 15) is 0 Å². The summed E-state index contributed by atoms with van der Waals surface area (Å²) in [5.74, 6) is 2.63. The minimum atomic E-state index is -0.212. The Morgan fingerprint density at radius 1 is 1.19 bits per heavy atom.